The molecule has 1 atom stereocenters. The van der Waals surface area contributed by atoms with Gasteiger partial charge < -0.3 is 10.6 Å². The molecule has 0 spiro atoms. The number of hydrogen-bond acceptors (Lipinski definition) is 4. The predicted molar refractivity (Wildman–Crippen MR) is 115 cm³/mol. The first-order valence-corrected chi connectivity index (χ1v) is 9.73. The number of aliphatic imine (C=N–C) groups is 1. The third-order valence-corrected chi connectivity index (χ3v) is 5.27. The van der Waals surface area contributed by atoms with Crippen molar-refractivity contribution in [2.45, 2.75) is 58.3 Å². The van der Waals surface area contributed by atoms with Crippen LogP contribution in [0.5, 0.6) is 0 Å². The average molecular weight is 519 g/mol. The number of hydrogen-bond donors (Lipinski definition) is 2. The summed E-state index contributed by atoms with van der Waals surface area (Å²) in [6.45, 7) is 9.42. The van der Waals surface area contributed by atoms with Crippen LogP contribution >= 0.6 is 35.3 Å². The number of aromatic nitrogens is 1. The smallest absolute Gasteiger partial charge is 0.357 e. The number of thiazole rings is 1. The molecule has 0 radical (unpaired) electrons. The molecule has 2 heterocycles. The fraction of sp³-hybridized carbons (Fsp3) is 0.765. The molecule has 2 rings (SSSR count). The van der Waals surface area contributed by atoms with Crippen molar-refractivity contribution >= 4 is 41.3 Å². The molecule has 1 fully saturated rings. The number of halogens is 4. The summed E-state index contributed by atoms with van der Waals surface area (Å²) in [5.41, 5.74) is 0.920. The van der Waals surface area contributed by atoms with E-state index >= 15 is 0 Å². The predicted octanol–water partition coefficient (Wildman–Crippen LogP) is 3.75. The molecule has 1 saturated heterocycles. The van der Waals surface area contributed by atoms with Crippen molar-refractivity contribution in [1.82, 2.24) is 20.5 Å². The molecule has 27 heavy (non-hydrogen) atoms. The van der Waals surface area contributed by atoms with Gasteiger partial charge in [0.25, 0.3) is 0 Å². The molecule has 1 aliphatic heterocycles. The monoisotopic (exact) mass is 519 g/mol. The Kier molecular flexibility index (Phi) is 9.26. The van der Waals surface area contributed by atoms with Crippen LogP contribution in [0.1, 0.15) is 44.8 Å². The summed E-state index contributed by atoms with van der Waals surface area (Å²) in [4.78, 5) is 10.6. The van der Waals surface area contributed by atoms with E-state index < -0.39 is 12.7 Å². The number of nitrogens with one attached hydrogen (secondary N) is 2. The fourth-order valence-electron chi connectivity index (χ4n) is 2.75. The molecule has 156 valence electrons. The summed E-state index contributed by atoms with van der Waals surface area (Å²) in [6.07, 6.45) is -3.48. The zero-order valence-corrected chi connectivity index (χ0v) is 19.3. The minimum atomic E-state index is -4.15. The minimum absolute atomic E-state index is 0. The van der Waals surface area contributed by atoms with Crippen LogP contribution < -0.4 is 10.6 Å². The molecule has 0 amide bonds. The van der Waals surface area contributed by atoms with Crippen LogP contribution in [0, 0.1) is 0 Å². The van der Waals surface area contributed by atoms with Crippen LogP contribution in [0.25, 0.3) is 0 Å². The lowest BCUT2D eigenvalue weighted by molar-refractivity contribution is -0.143. The second-order valence-electron chi connectivity index (χ2n) is 7.57. The Balaban J connectivity index is 0.00000364. The number of alkyl halides is 3. The molecular formula is C17H29F3IN5S. The Hall–Kier alpha value is -0.620. The maximum absolute atomic E-state index is 12.5. The first kappa shape index (κ1) is 24.4. The van der Waals surface area contributed by atoms with E-state index in [1.165, 1.54) is 4.90 Å². The Bertz CT molecular complexity index is 612. The van der Waals surface area contributed by atoms with Gasteiger partial charge in [0.1, 0.15) is 0 Å². The zero-order valence-electron chi connectivity index (χ0n) is 16.2. The highest BCUT2D eigenvalue weighted by molar-refractivity contribution is 14.0. The Morgan fingerprint density at radius 2 is 2.07 bits per heavy atom. The minimum Gasteiger partial charge on any atom is -0.357 e. The van der Waals surface area contributed by atoms with Crippen molar-refractivity contribution in [3.63, 3.8) is 0 Å². The number of guanidine groups is 1. The van der Waals surface area contributed by atoms with Crippen molar-refractivity contribution in [1.29, 1.82) is 0 Å². The van der Waals surface area contributed by atoms with E-state index in [0.717, 1.165) is 10.7 Å². The van der Waals surface area contributed by atoms with Crippen LogP contribution in [0.2, 0.25) is 0 Å². The quantitative estimate of drug-likeness (QED) is 0.354. The van der Waals surface area contributed by atoms with E-state index in [2.05, 4.69) is 41.4 Å². The third kappa shape index (κ3) is 8.51. The summed E-state index contributed by atoms with van der Waals surface area (Å²) in [6, 6.07) is -0.0317. The van der Waals surface area contributed by atoms with E-state index in [9.17, 15) is 13.2 Å². The van der Waals surface area contributed by atoms with Gasteiger partial charge in [-0.3, -0.25) is 4.90 Å². The molecule has 0 bridgehead atoms. The summed E-state index contributed by atoms with van der Waals surface area (Å²) < 4.78 is 37.5. The Morgan fingerprint density at radius 3 is 2.63 bits per heavy atom. The SMILES string of the molecule is CCNC(=NCc1csc(C(C)(C)C)n1)NC1CCN(CC(F)(F)F)C1.I. The lowest BCUT2D eigenvalue weighted by Crippen LogP contribution is -2.45. The fourth-order valence-corrected chi connectivity index (χ4v) is 3.64. The third-order valence-electron chi connectivity index (χ3n) is 3.95. The number of rotatable bonds is 5. The highest BCUT2D eigenvalue weighted by Gasteiger charge is 2.34. The van der Waals surface area contributed by atoms with E-state index in [1.54, 1.807) is 11.3 Å². The standard InChI is InChI=1S/C17H28F3N5S.HI/c1-5-21-15(22-8-13-10-26-14(23-13)16(2,3)4)24-12-6-7-25(9-12)11-17(18,19)20;/h10,12H,5-9,11H2,1-4H3,(H2,21,22,24);1H. The molecular weight excluding hydrogens is 490 g/mol. The summed E-state index contributed by atoms with van der Waals surface area (Å²) in [7, 11) is 0. The van der Waals surface area contributed by atoms with Gasteiger partial charge in [0, 0.05) is 36.5 Å². The van der Waals surface area contributed by atoms with Crippen molar-refractivity contribution in [3.8, 4) is 0 Å². The molecule has 2 N–H and O–H groups in total. The summed E-state index contributed by atoms with van der Waals surface area (Å²) in [5.74, 6) is 0.622. The van der Waals surface area contributed by atoms with Gasteiger partial charge in [-0.15, -0.1) is 35.3 Å². The summed E-state index contributed by atoms with van der Waals surface area (Å²) in [5, 5.41) is 9.48. The molecule has 10 heteroatoms. The maximum Gasteiger partial charge on any atom is 0.401 e. The van der Waals surface area contributed by atoms with Crippen LogP contribution in [-0.4, -0.2) is 54.2 Å². The molecule has 5 nitrogen and oxygen atoms in total. The highest BCUT2D eigenvalue weighted by atomic mass is 127. The average Bonchev–Trinajstić information content (AvgIpc) is 3.12. The lowest BCUT2D eigenvalue weighted by Gasteiger charge is -2.19. The largest absolute Gasteiger partial charge is 0.401 e. The lowest BCUT2D eigenvalue weighted by atomic mass is 9.98. The molecule has 1 aromatic rings. The van der Waals surface area contributed by atoms with Crippen molar-refractivity contribution < 1.29 is 13.2 Å². The van der Waals surface area contributed by atoms with Gasteiger partial charge in [-0.05, 0) is 13.3 Å². The Morgan fingerprint density at radius 1 is 1.37 bits per heavy atom. The van der Waals surface area contributed by atoms with Gasteiger partial charge in [0.2, 0.25) is 0 Å². The van der Waals surface area contributed by atoms with Crippen LogP contribution in [0.3, 0.4) is 0 Å². The van der Waals surface area contributed by atoms with Crippen molar-refractivity contribution in [3.05, 3.63) is 16.1 Å². The van der Waals surface area contributed by atoms with Gasteiger partial charge in [-0.1, -0.05) is 20.8 Å². The second-order valence-corrected chi connectivity index (χ2v) is 8.43. The van der Waals surface area contributed by atoms with E-state index in [-0.39, 0.29) is 35.4 Å². The van der Waals surface area contributed by atoms with Crippen LogP contribution in [0.4, 0.5) is 13.2 Å². The van der Waals surface area contributed by atoms with Crippen molar-refractivity contribution in [2.24, 2.45) is 4.99 Å². The van der Waals surface area contributed by atoms with E-state index in [1.807, 2.05) is 12.3 Å². The van der Waals surface area contributed by atoms with Crippen molar-refractivity contribution in [2.75, 3.05) is 26.2 Å². The molecule has 0 saturated carbocycles. The van der Waals surface area contributed by atoms with Crippen LogP contribution in [-0.2, 0) is 12.0 Å². The van der Waals surface area contributed by atoms with Gasteiger partial charge in [-0.2, -0.15) is 13.2 Å². The van der Waals surface area contributed by atoms with Gasteiger partial charge in [0.05, 0.1) is 23.8 Å². The van der Waals surface area contributed by atoms with Gasteiger partial charge >= 0.3 is 6.18 Å². The summed E-state index contributed by atoms with van der Waals surface area (Å²) >= 11 is 1.63. The first-order chi connectivity index (χ1) is 12.1. The molecule has 1 aliphatic rings. The number of nitrogens with zero attached hydrogens (tertiary/aromatic N) is 3. The van der Waals surface area contributed by atoms with E-state index in [0.29, 0.717) is 38.6 Å². The van der Waals surface area contributed by atoms with Crippen LogP contribution in [0.15, 0.2) is 10.4 Å². The Labute approximate surface area is 180 Å². The first-order valence-electron chi connectivity index (χ1n) is 8.85. The van der Waals surface area contributed by atoms with E-state index in [4.69, 9.17) is 0 Å². The van der Waals surface area contributed by atoms with Gasteiger partial charge in [-0.25, -0.2) is 9.98 Å². The molecule has 1 aromatic heterocycles. The van der Waals surface area contributed by atoms with Gasteiger partial charge in [0.15, 0.2) is 5.96 Å². The molecule has 0 aliphatic carbocycles. The highest BCUT2D eigenvalue weighted by Crippen LogP contribution is 2.25. The molecule has 1 unspecified atom stereocenters. The normalized spacial score (nSPS) is 19.1. The zero-order chi connectivity index (χ0) is 19.4. The maximum atomic E-state index is 12.5. The molecule has 0 aromatic carbocycles. The number of likely N-dealkylation sites (tertiary alicyclic amines) is 1. The second kappa shape index (κ2) is 10.2. The topological polar surface area (TPSA) is 52.6 Å².